The number of rotatable bonds is 7. The van der Waals surface area contributed by atoms with Gasteiger partial charge in [0, 0.05) is 53.6 Å². The molecule has 0 amide bonds. The third kappa shape index (κ3) is 10.4. The summed E-state index contributed by atoms with van der Waals surface area (Å²) < 4.78 is 38.5. The zero-order chi connectivity index (χ0) is 40.7. The molecule has 3 nitrogen and oxygen atoms in total. The zero-order valence-corrected chi connectivity index (χ0v) is 38.0. The van der Waals surface area contributed by atoms with E-state index >= 15 is 0 Å². The van der Waals surface area contributed by atoms with Crippen LogP contribution < -0.4 is 0 Å². The first-order valence-corrected chi connectivity index (χ1v) is 19.6. The molecule has 3 aromatic carbocycles. The number of aliphatic hydroxyl groups is 1. The fourth-order valence-corrected chi connectivity index (χ4v) is 8.35. The van der Waals surface area contributed by atoms with E-state index in [1.165, 1.54) is 53.7 Å². The molecule has 299 valence electrons. The number of aromatic nitrogens is 1. The summed E-state index contributed by atoms with van der Waals surface area (Å²) in [5.41, 5.74) is 8.27. The topological polar surface area (TPSA) is 50.2 Å². The molecule has 0 aliphatic rings. The van der Waals surface area contributed by atoms with Crippen LogP contribution in [0.15, 0.2) is 66.6 Å². The molecule has 0 spiro atoms. The van der Waals surface area contributed by atoms with Crippen LogP contribution >= 0.6 is 11.3 Å². The number of ketones is 1. The molecule has 0 atom stereocenters. The van der Waals surface area contributed by atoms with Crippen LogP contribution in [0, 0.1) is 36.7 Å². The predicted molar refractivity (Wildman–Crippen MR) is 223 cm³/mol. The molecule has 0 aliphatic heterocycles. The molecule has 0 unspecified atom stereocenters. The molecular weight excluding hydrogens is 892 g/mol. The van der Waals surface area contributed by atoms with Crippen molar-refractivity contribution in [1.29, 1.82) is 0 Å². The number of aliphatic hydroxyl groups excluding tert-OH is 1. The maximum atomic E-state index is 12.4. The minimum absolute atomic E-state index is 0. The molecule has 2 aromatic heterocycles. The maximum Gasteiger partial charge on any atom is 0.401 e. The number of halogens is 3. The maximum absolute atomic E-state index is 12.4. The number of alkyl halides is 3. The molecule has 0 saturated carbocycles. The van der Waals surface area contributed by atoms with Gasteiger partial charge in [0.25, 0.3) is 0 Å². The molecule has 8 heteroatoms. The molecule has 0 aliphatic carbocycles. The number of fused-ring (bicyclic) bond motifs is 2. The summed E-state index contributed by atoms with van der Waals surface area (Å²) >= 11 is 1.91. The van der Waals surface area contributed by atoms with E-state index < -0.39 is 17.4 Å². The van der Waals surface area contributed by atoms with Gasteiger partial charge in [0.05, 0.1) is 5.76 Å². The molecule has 0 fully saturated rings. The second kappa shape index (κ2) is 17.0. The van der Waals surface area contributed by atoms with Gasteiger partial charge in [-0.05, 0) is 90.1 Å². The minimum atomic E-state index is -4.61. The SMILES string of the molecule is CC(C)/C(O)=C/C(=O)C(C)(C)C(F)(F)F.Cc1cc(CC(C)(C)C)cc(C)c1-c1sc2c(-c3[c-]c4ccccc4c(C(C)(C)C)c3)nccc2c1C(C)C.[Ir]. The van der Waals surface area contributed by atoms with Crippen LogP contribution in [0.3, 0.4) is 0 Å². The third-order valence-electron chi connectivity index (χ3n) is 9.81. The summed E-state index contributed by atoms with van der Waals surface area (Å²) in [6, 6.07) is 21.8. The normalized spacial score (nSPS) is 13.0. The van der Waals surface area contributed by atoms with Gasteiger partial charge >= 0.3 is 6.18 Å². The number of thiophene rings is 1. The molecule has 0 saturated heterocycles. The Balaban J connectivity index is 0.000000433. The number of nitrogens with zero attached hydrogens (tertiary/aromatic N) is 1. The van der Waals surface area contributed by atoms with Gasteiger partial charge in [0.1, 0.15) is 5.41 Å². The van der Waals surface area contributed by atoms with Crippen LogP contribution in [0.2, 0.25) is 0 Å². The van der Waals surface area contributed by atoms with Gasteiger partial charge in [-0.1, -0.05) is 111 Å². The van der Waals surface area contributed by atoms with Crippen molar-refractivity contribution in [2.45, 2.75) is 121 Å². The van der Waals surface area contributed by atoms with Crippen molar-refractivity contribution in [2.24, 2.45) is 16.7 Å². The van der Waals surface area contributed by atoms with Gasteiger partial charge in [-0.25, -0.2) is 0 Å². The fourth-order valence-electron chi connectivity index (χ4n) is 6.72. The first-order chi connectivity index (χ1) is 24.7. The first-order valence-electron chi connectivity index (χ1n) is 18.7. The number of benzene rings is 3. The average molecular weight is 949 g/mol. The van der Waals surface area contributed by atoms with E-state index in [1.54, 1.807) is 13.8 Å². The van der Waals surface area contributed by atoms with E-state index in [0.717, 1.165) is 36.9 Å². The van der Waals surface area contributed by atoms with Crippen LogP contribution in [-0.2, 0) is 36.7 Å². The summed E-state index contributed by atoms with van der Waals surface area (Å²) in [5, 5.41) is 13.0. The quantitative estimate of drug-likeness (QED) is 0.100. The summed E-state index contributed by atoms with van der Waals surface area (Å²) in [6.45, 7) is 27.8. The van der Waals surface area contributed by atoms with Crippen molar-refractivity contribution < 1.29 is 43.2 Å². The number of hydrogen-bond donors (Lipinski definition) is 1. The molecule has 0 bridgehead atoms. The largest absolute Gasteiger partial charge is 0.512 e. The number of carbonyl (C=O) groups is 1. The first kappa shape index (κ1) is 46.1. The van der Waals surface area contributed by atoms with Crippen LogP contribution in [0.4, 0.5) is 13.2 Å². The van der Waals surface area contributed by atoms with Crippen LogP contribution in [0.25, 0.3) is 42.6 Å². The molecule has 5 aromatic rings. The second-order valence-corrected chi connectivity index (χ2v) is 19.0. The molecule has 1 radical (unpaired) electrons. The number of hydrogen-bond acceptors (Lipinski definition) is 4. The van der Waals surface area contributed by atoms with Crippen molar-refractivity contribution in [1.82, 2.24) is 4.98 Å². The Kier molecular flexibility index (Phi) is 14.3. The number of allylic oxidation sites excluding steroid dienone is 2. The Morgan fingerprint density at radius 3 is 1.98 bits per heavy atom. The molecule has 55 heavy (non-hydrogen) atoms. The molecule has 5 rings (SSSR count). The Bertz CT molecular complexity index is 2170. The van der Waals surface area contributed by atoms with Crippen molar-refractivity contribution in [3.8, 4) is 21.7 Å². The molecular formula is C47H57F3IrNO2S-. The Labute approximate surface area is 344 Å². The van der Waals surface area contributed by atoms with Gasteiger partial charge in [-0.15, -0.1) is 40.5 Å². The summed E-state index contributed by atoms with van der Waals surface area (Å²) in [5.74, 6) is -1.43. The zero-order valence-electron chi connectivity index (χ0n) is 34.8. The average Bonchev–Trinajstić information content (AvgIpc) is 3.41. The second-order valence-electron chi connectivity index (χ2n) is 18.0. The Morgan fingerprint density at radius 1 is 0.891 bits per heavy atom. The molecule has 1 N–H and O–H groups in total. The minimum Gasteiger partial charge on any atom is -0.512 e. The predicted octanol–water partition coefficient (Wildman–Crippen LogP) is 14.4. The number of pyridine rings is 1. The van der Waals surface area contributed by atoms with Gasteiger partial charge < -0.3 is 5.11 Å². The van der Waals surface area contributed by atoms with Gasteiger partial charge in [-0.3, -0.25) is 9.78 Å². The van der Waals surface area contributed by atoms with Crippen LogP contribution in [-0.4, -0.2) is 22.1 Å². The van der Waals surface area contributed by atoms with E-state index in [2.05, 4.69) is 124 Å². The van der Waals surface area contributed by atoms with Gasteiger partial charge in [-0.2, -0.15) is 13.2 Å². The van der Waals surface area contributed by atoms with Crippen LogP contribution in [0.1, 0.15) is 117 Å². The smallest absolute Gasteiger partial charge is 0.401 e. The fraction of sp³-hybridized carbons (Fsp3) is 0.447. The van der Waals surface area contributed by atoms with E-state index in [0.29, 0.717) is 12.0 Å². The standard InChI is InChI=1S/C37H42NS.C10H15F3O2.Ir/c1-22(2)31-29-15-16-38-33(27-19-26-13-11-12-14-28(26)30(20-27)37(8,9)10)34(29)39-35(31)32-23(3)17-25(18-24(32)4)21-36(5,6)7;1-6(2)7(14)5-8(15)9(3,4)10(11,12)13;/h11-18,20,22H,21H2,1-10H3;5-6,14H,1-4H3;/q-1;;/b;7-5-;. The van der Waals surface area contributed by atoms with Gasteiger partial charge in [0.15, 0.2) is 5.78 Å². The molecule has 2 heterocycles. The number of aryl methyl sites for hydroxylation is 2. The van der Waals surface area contributed by atoms with Crippen molar-refractivity contribution in [3.05, 3.63) is 100 Å². The summed E-state index contributed by atoms with van der Waals surface area (Å²) in [6.07, 6.45) is -0.887. The summed E-state index contributed by atoms with van der Waals surface area (Å²) in [7, 11) is 0. The van der Waals surface area contributed by atoms with Crippen molar-refractivity contribution >= 4 is 38.0 Å². The van der Waals surface area contributed by atoms with E-state index in [4.69, 9.17) is 4.98 Å². The van der Waals surface area contributed by atoms with Crippen LogP contribution in [0.5, 0.6) is 0 Å². The Hall–Kier alpha value is -3.32. The van der Waals surface area contributed by atoms with Crippen molar-refractivity contribution in [2.75, 3.05) is 0 Å². The summed E-state index contributed by atoms with van der Waals surface area (Å²) in [4.78, 5) is 17.7. The van der Waals surface area contributed by atoms with Gasteiger partial charge in [0.2, 0.25) is 0 Å². The van der Waals surface area contributed by atoms with E-state index in [-0.39, 0.29) is 42.6 Å². The Morgan fingerprint density at radius 2 is 1.47 bits per heavy atom. The number of carbonyl (C=O) groups excluding carboxylic acids is 1. The van der Waals surface area contributed by atoms with E-state index in [1.807, 2.05) is 17.5 Å². The monoisotopic (exact) mass is 949 g/mol. The third-order valence-corrected chi connectivity index (χ3v) is 11.1. The van der Waals surface area contributed by atoms with Crippen molar-refractivity contribution in [3.63, 3.8) is 0 Å². The van der Waals surface area contributed by atoms with E-state index in [9.17, 15) is 23.1 Å².